The van der Waals surface area contributed by atoms with E-state index in [0.29, 0.717) is 11.5 Å². The van der Waals surface area contributed by atoms with E-state index in [4.69, 9.17) is 5.11 Å². The fourth-order valence-electron chi connectivity index (χ4n) is 4.00. The smallest absolute Gasteiger partial charge is 0.303 e. The Hall–Kier alpha value is -1.31. The summed E-state index contributed by atoms with van der Waals surface area (Å²) >= 11 is 3.62. The number of nitrogens with zero attached hydrogens (tertiary/aromatic N) is 1. The average Bonchev–Trinajstić information content (AvgIpc) is 2.68. The Balaban J connectivity index is 0.00000280. The number of benzene rings is 1. The summed E-state index contributed by atoms with van der Waals surface area (Å²) in [6, 6.07) is 6.01. The van der Waals surface area contributed by atoms with Crippen LogP contribution in [0, 0.1) is 5.92 Å². The van der Waals surface area contributed by atoms with E-state index in [-0.39, 0.29) is 30.8 Å². The second kappa shape index (κ2) is 11.0. The zero-order valence-electron chi connectivity index (χ0n) is 16.0. The third kappa shape index (κ3) is 6.36. The molecule has 1 aromatic carbocycles. The fourth-order valence-corrected chi connectivity index (χ4v) is 4.63. The van der Waals surface area contributed by atoms with E-state index in [2.05, 4.69) is 31.5 Å². The molecule has 0 unspecified atom stereocenters. The molecule has 156 valence electrons. The molecule has 1 amide bonds. The maximum Gasteiger partial charge on any atom is 0.303 e. The van der Waals surface area contributed by atoms with Crippen molar-refractivity contribution < 1.29 is 14.7 Å². The number of amides is 1. The SMILES string of the molecule is Cl.O=C(O)CCC1CCC(NC(=O)c2ccc(N3CCNCC3)c(Br)c2)CC1. The number of hydrogen-bond donors (Lipinski definition) is 3. The first-order chi connectivity index (χ1) is 13.0. The highest BCUT2D eigenvalue weighted by Crippen LogP contribution is 2.29. The van der Waals surface area contributed by atoms with Gasteiger partial charge in [0, 0.05) is 48.7 Å². The molecule has 1 aromatic rings. The Kier molecular flexibility index (Phi) is 9.05. The van der Waals surface area contributed by atoms with Crippen molar-refractivity contribution in [3.63, 3.8) is 0 Å². The number of piperazine rings is 1. The number of hydrogen-bond acceptors (Lipinski definition) is 4. The second-order valence-electron chi connectivity index (χ2n) is 7.53. The number of nitrogens with one attached hydrogen (secondary N) is 2. The molecule has 0 aromatic heterocycles. The molecule has 3 N–H and O–H groups in total. The largest absolute Gasteiger partial charge is 0.481 e. The summed E-state index contributed by atoms with van der Waals surface area (Å²) in [7, 11) is 0. The molecule has 1 saturated heterocycles. The van der Waals surface area contributed by atoms with Crippen LogP contribution in [0.25, 0.3) is 0 Å². The summed E-state index contributed by atoms with van der Waals surface area (Å²) in [4.78, 5) is 25.6. The number of halogens is 2. The van der Waals surface area contributed by atoms with E-state index >= 15 is 0 Å². The minimum absolute atomic E-state index is 0. The Morgan fingerprint density at radius 1 is 1.18 bits per heavy atom. The number of carboxylic acids is 1. The molecule has 3 rings (SSSR count). The van der Waals surface area contributed by atoms with Crippen molar-refractivity contribution in [2.24, 2.45) is 5.92 Å². The minimum Gasteiger partial charge on any atom is -0.481 e. The van der Waals surface area contributed by atoms with Gasteiger partial charge in [-0.3, -0.25) is 9.59 Å². The van der Waals surface area contributed by atoms with Crippen molar-refractivity contribution >= 4 is 45.9 Å². The lowest BCUT2D eigenvalue weighted by Crippen LogP contribution is -2.43. The van der Waals surface area contributed by atoms with Gasteiger partial charge in [0.05, 0.1) is 5.69 Å². The molecule has 1 aliphatic carbocycles. The van der Waals surface area contributed by atoms with Gasteiger partial charge in [0.1, 0.15) is 0 Å². The number of anilines is 1. The van der Waals surface area contributed by atoms with Crippen molar-refractivity contribution in [2.45, 2.75) is 44.6 Å². The van der Waals surface area contributed by atoms with Crippen LogP contribution in [0.15, 0.2) is 22.7 Å². The third-order valence-electron chi connectivity index (χ3n) is 5.62. The van der Waals surface area contributed by atoms with E-state index in [0.717, 1.165) is 68.4 Å². The van der Waals surface area contributed by atoms with Crippen LogP contribution >= 0.6 is 28.3 Å². The Bertz CT molecular complexity index is 675. The van der Waals surface area contributed by atoms with Gasteiger partial charge in [-0.15, -0.1) is 12.4 Å². The summed E-state index contributed by atoms with van der Waals surface area (Å²) in [6.07, 6.45) is 4.82. The molecule has 2 aliphatic rings. The number of rotatable bonds is 6. The van der Waals surface area contributed by atoms with E-state index in [1.807, 2.05) is 18.2 Å². The van der Waals surface area contributed by atoms with Gasteiger partial charge >= 0.3 is 5.97 Å². The molecule has 1 heterocycles. The molecule has 0 radical (unpaired) electrons. The van der Waals surface area contributed by atoms with Crippen LogP contribution in [0.4, 0.5) is 5.69 Å². The van der Waals surface area contributed by atoms with E-state index in [1.54, 1.807) is 0 Å². The summed E-state index contributed by atoms with van der Waals surface area (Å²) in [6.45, 7) is 3.89. The van der Waals surface area contributed by atoms with Crippen LogP contribution in [0.2, 0.25) is 0 Å². The van der Waals surface area contributed by atoms with Crippen molar-refractivity contribution in [2.75, 3.05) is 31.1 Å². The van der Waals surface area contributed by atoms with Gasteiger partial charge < -0.3 is 20.6 Å². The molecule has 2 fully saturated rings. The molecule has 1 aliphatic heterocycles. The normalized spacial score (nSPS) is 22.2. The predicted octanol–water partition coefficient (Wildman–Crippen LogP) is 3.43. The van der Waals surface area contributed by atoms with Crippen molar-refractivity contribution in [3.8, 4) is 0 Å². The van der Waals surface area contributed by atoms with Gasteiger partial charge in [0.2, 0.25) is 0 Å². The quantitative estimate of drug-likeness (QED) is 0.588. The van der Waals surface area contributed by atoms with Gasteiger partial charge in [-0.25, -0.2) is 0 Å². The van der Waals surface area contributed by atoms with Crippen LogP contribution in [0.5, 0.6) is 0 Å². The van der Waals surface area contributed by atoms with E-state index in [1.165, 1.54) is 0 Å². The monoisotopic (exact) mass is 473 g/mol. The average molecular weight is 475 g/mol. The maximum absolute atomic E-state index is 12.6. The summed E-state index contributed by atoms with van der Waals surface area (Å²) < 4.78 is 0.953. The lowest BCUT2D eigenvalue weighted by Gasteiger charge is -2.30. The number of aliphatic carboxylic acids is 1. The molecule has 1 saturated carbocycles. The van der Waals surface area contributed by atoms with Crippen LogP contribution < -0.4 is 15.5 Å². The zero-order valence-corrected chi connectivity index (χ0v) is 18.4. The van der Waals surface area contributed by atoms with Crippen molar-refractivity contribution in [1.82, 2.24) is 10.6 Å². The highest BCUT2D eigenvalue weighted by molar-refractivity contribution is 9.10. The van der Waals surface area contributed by atoms with Gasteiger partial charge in [-0.1, -0.05) is 0 Å². The van der Waals surface area contributed by atoms with E-state index < -0.39 is 5.97 Å². The Morgan fingerprint density at radius 3 is 2.46 bits per heavy atom. The van der Waals surface area contributed by atoms with Gasteiger partial charge in [-0.2, -0.15) is 0 Å². The lowest BCUT2D eigenvalue weighted by molar-refractivity contribution is -0.137. The third-order valence-corrected chi connectivity index (χ3v) is 6.25. The molecular formula is C20H29BrClN3O3. The van der Waals surface area contributed by atoms with Gasteiger partial charge in [-0.05, 0) is 72.2 Å². The van der Waals surface area contributed by atoms with Gasteiger partial charge in [0.25, 0.3) is 5.91 Å². The topological polar surface area (TPSA) is 81.7 Å². The van der Waals surface area contributed by atoms with Crippen LogP contribution in [-0.4, -0.2) is 49.2 Å². The maximum atomic E-state index is 12.6. The number of carbonyl (C=O) groups is 2. The zero-order chi connectivity index (χ0) is 19.2. The molecule has 0 bridgehead atoms. The molecule has 8 heteroatoms. The molecular weight excluding hydrogens is 446 g/mol. The molecule has 28 heavy (non-hydrogen) atoms. The standard InChI is InChI=1S/C20H28BrN3O3.ClH/c21-17-13-15(4-7-18(17)24-11-9-22-10-12-24)20(27)23-16-5-1-14(2-6-16)3-8-19(25)26;/h4,7,13-14,16,22H,1-3,5-6,8-12H2,(H,23,27)(H,25,26);1H. The predicted molar refractivity (Wildman–Crippen MR) is 117 cm³/mol. The van der Waals surface area contributed by atoms with E-state index in [9.17, 15) is 9.59 Å². The first-order valence-corrected chi connectivity index (χ1v) is 10.6. The van der Waals surface area contributed by atoms with Crippen molar-refractivity contribution in [3.05, 3.63) is 28.2 Å². The minimum atomic E-state index is -0.722. The Morgan fingerprint density at radius 2 is 1.86 bits per heavy atom. The summed E-state index contributed by atoms with van der Waals surface area (Å²) in [5, 5.41) is 15.3. The fraction of sp³-hybridized carbons (Fsp3) is 0.600. The first kappa shape index (κ1) is 23.0. The van der Waals surface area contributed by atoms with Crippen LogP contribution in [0.1, 0.15) is 48.9 Å². The van der Waals surface area contributed by atoms with Crippen molar-refractivity contribution in [1.29, 1.82) is 0 Å². The lowest BCUT2D eigenvalue weighted by atomic mass is 9.83. The van der Waals surface area contributed by atoms with Crippen LogP contribution in [0.3, 0.4) is 0 Å². The summed E-state index contributed by atoms with van der Waals surface area (Å²) in [5.41, 5.74) is 1.81. The highest BCUT2D eigenvalue weighted by Gasteiger charge is 2.23. The second-order valence-corrected chi connectivity index (χ2v) is 8.38. The number of carboxylic acid groups (broad SMARTS) is 1. The molecule has 6 nitrogen and oxygen atoms in total. The number of carbonyl (C=O) groups excluding carboxylic acids is 1. The first-order valence-electron chi connectivity index (χ1n) is 9.81. The molecule has 0 atom stereocenters. The van der Waals surface area contributed by atoms with Gasteiger partial charge in [0.15, 0.2) is 0 Å². The Labute approximate surface area is 181 Å². The summed E-state index contributed by atoms with van der Waals surface area (Å²) in [5.74, 6) is -0.279. The molecule has 0 spiro atoms. The highest BCUT2D eigenvalue weighted by atomic mass is 79.9. The van der Waals surface area contributed by atoms with Crippen LogP contribution in [-0.2, 0) is 4.79 Å².